The van der Waals surface area contributed by atoms with Crippen molar-refractivity contribution in [2.45, 2.75) is 45.2 Å². The first-order chi connectivity index (χ1) is 9.09. The Morgan fingerprint density at radius 3 is 2.68 bits per heavy atom. The van der Waals surface area contributed by atoms with Crippen molar-refractivity contribution in [1.82, 2.24) is 14.8 Å². The lowest BCUT2D eigenvalue weighted by molar-refractivity contribution is 0.0743. The zero-order chi connectivity index (χ0) is 13.6. The number of carbonyl (C=O) groups excluding carboxylic acids is 1. The number of rotatable bonds is 3. The maximum Gasteiger partial charge on any atom is 0.255 e. The molecule has 1 unspecified atom stereocenters. The van der Waals surface area contributed by atoms with Crippen LogP contribution in [-0.2, 0) is 0 Å². The fraction of sp³-hybridized carbons (Fsp3) is 0.667. The Balaban J connectivity index is 1.84. The molecule has 0 spiro atoms. The smallest absolute Gasteiger partial charge is 0.255 e. The van der Waals surface area contributed by atoms with E-state index in [0.717, 1.165) is 30.8 Å². The van der Waals surface area contributed by atoms with Gasteiger partial charge >= 0.3 is 0 Å². The van der Waals surface area contributed by atoms with Gasteiger partial charge < -0.3 is 14.8 Å². The van der Waals surface area contributed by atoms with Crippen molar-refractivity contribution in [2.24, 2.45) is 0 Å². The van der Waals surface area contributed by atoms with E-state index in [0.29, 0.717) is 12.1 Å². The van der Waals surface area contributed by atoms with E-state index in [1.54, 1.807) is 0 Å². The van der Waals surface area contributed by atoms with Crippen LogP contribution in [0.2, 0.25) is 0 Å². The summed E-state index contributed by atoms with van der Waals surface area (Å²) in [6.45, 7) is 6.13. The van der Waals surface area contributed by atoms with E-state index < -0.39 is 0 Å². The van der Waals surface area contributed by atoms with Crippen molar-refractivity contribution < 1.29 is 4.79 Å². The standard InChI is InChI=1S/C15H23N3O/c1-10-8-14(11(2)18(10)12-4-5-12)15(19)17(3)13-6-7-16-9-13/h8,12-13,16H,4-7,9H2,1-3H3. The molecule has 19 heavy (non-hydrogen) atoms. The summed E-state index contributed by atoms with van der Waals surface area (Å²) in [5.41, 5.74) is 3.25. The minimum atomic E-state index is 0.175. The average Bonchev–Trinajstić information content (AvgIpc) is 2.97. The highest BCUT2D eigenvalue weighted by molar-refractivity contribution is 5.95. The van der Waals surface area contributed by atoms with Crippen molar-refractivity contribution in [1.29, 1.82) is 0 Å². The Morgan fingerprint density at radius 2 is 2.11 bits per heavy atom. The van der Waals surface area contributed by atoms with Gasteiger partial charge in [0.05, 0.1) is 5.56 Å². The van der Waals surface area contributed by atoms with Gasteiger partial charge in [-0.25, -0.2) is 0 Å². The Hall–Kier alpha value is -1.29. The first-order valence-corrected chi connectivity index (χ1v) is 7.26. The summed E-state index contributed by atoms with van der Waals surface area (Å²) in [6.07, 6.45) is 3.57. The molecule has 1 aromatic rings. The second kappa shape index (κ2) is 4.67. The van der Waals surface area contributed by atoms with Gasteiger partial charge in [-0.15, -0.1) is 0 Å². The molecule has 1 N–H and O–H groups in total. The first-order valence-electron chi connectivity index (χ1n) is 7.26. The van der Waals surface area contributed by atoms with Gasteiger partial charge in [0, 0.05) is 37.1 Å². The van der Waals surface area contributed by atoms with E-state index in [-0.39, 0.29) is 5.91 Å². The van der Waals surface area contributed by atoms with E-state index in [4.69, 9.17) is 0 Å². The molecule has 1 amide bonds. The number of amides is 1. The molecule has 0 bridgehead atoms. The molecular weight excluding hydrogens is 238 g/mol. The molecule has 2 fully saturated rings. The summed E-state index contributed by atoms with van der Waals surface area (Å²) in [5.74, 6) is 0.175. The topological polar surface area (TPSA) is 37.3 Å². The molecule has 1 atom stereocenters. The number of carbonyl (C=O) groups is 1. The summed E-state index contributed by atoms with van der Waals surface area (Å²) < 4.78 is 2.34. The second-order valence-electron chi connectivity index (χ2n) is 5.95. The maximum atomic E-state index is 12.6. The Kier molecular flexibility index (Phi) is 3.13. The Bertz CT molecular complexity index is 496. The molecule has 104 valence electrons. The van der Waals surface area contributed by atoms with E-state index in [1.807, 2.05) is 11.9 Å². The van der Waals surface area contributed by atoms with Crippen molar-refractivity contribution in [3.05, 3.63) is 23.0 Å². The first kappa shape index (κ1) is 12.7. The average molecular weight is 261 g/mol. The predicted molar refractivity (Wildman–Crippen MR) is 75.5 cm³/mol. The molecule has 1 saturated heterocycles. The van der Waals surface area contributed by atoms with Gasteiger partial charge in [-0.3, -0.25) is 4.79 Å². The minimum absolute atomic E-state index is 0.175. The normalized spacial score (nSPS) is 22.8. The van der Waals surface area contributed by atoms with E-state index in [2.05, 4.69) is 29.8 Å². The van der Waals surface area contributed by atoms with E-state index in [9.17, 15) is 4.79 Å². The van der Waals surface area contributed by atoms with Crippen LogP contribution in [0.15, 0.2) is 6.07 Å². The van der Waals surface area contributed by atoms with E-state index in [1.165, 1.54) is 18.5 Å². The number of nitrogens with one attached hydrogen (secondary N) is 1. The third-order valence-electron chi connectivity index (χ3n) is 4.53. The maximum absolute atomic E-state index is 12.6. The van der Waals surface area contributed by atoms with Crippen LogP contribution in [0, 0.1) is 13.8 Å². The van der Waals surface area contributed by atoms with E-state index >= 15 is 0 Å². The van der Waals surface area contributed by atoms with Gasteiger partial charge in [0.25, 0.3) is 5.91 Å². The molecule has 4 nitrogen and oxygen atoms in total. The zero-order valence-corrected chi connectivity index (χ0v) is 12.1. The molecule has 1 aliphatic heterocycles. The van der Waals surface area contributed by atoms with Crippen LogP contribution in [0.4, 0.5) is 0 Å². The predicted octanol–water partition coefficient (Wildman–Crippen LogP) is 1.87. The summed E-state index contributed by atoms with van der Waals surface area (Å²) in [5, 5.41) is 3.32. The number of hydrogen-bond acceptors (Lipinski definition) is 2. The summed E-state index contributed by atoms with van der Waals surface area (Å²) in [7, 11) is 1.93. The monoisotopic (exact) mass is 261 g/mol. The van der Waals surface area contributed by atoms with Crippen molar-refractivity contribution in [2.75, 3.05) is 20.1 Å². The molecule has 0 aromatic carbocycles. The molecule has 1 aliphatic carbocycles. The van der Waals surface area contributed by atoms with Gasteiger partial charge in [0.1, 0.15) is 0 Å². The van der Waals surface area contributed by atoms with Gasteiger partial charge in [0.2, 0.25) is 0 Å². The fourth-order valence-electron chi connectivity index (χ4n) is 3.21. The number of nitrogens with zero attached hydrogens (tertiary/aromatic N) is 2. The van der Waals surface area contributed by atoms with Gasteiger partial charge in [-0.2, -0.15) is 0 Å². The van der Waals surface area contributed by atoms with Gasteiger partial charge in [-0.1, -0.05) is 0 Å². The molecule has 1 aromatic heterocycles. The third kappa shape index (κ3) is 2.18. The molecule has 4 heteroatoms. The van der Waals surface area contributed by atoms with Crippen LogP contribution >= 0.6 is 0 Å². The summed E-state index contributed by atoms with van der Waals surface area (Å²) >= 11 is 0. The minimum Gasteiger partial charge on any atom is -0.345 e. The lowest BCUT2D eigenvalue weighted by Crippen LogP contribution is -2.38. The quantitative estimate of drug-likeness (QED) is 0.902. The number of aryl methyl sites for hydroxylation is 1. The largest absolute Gasteiger partial charge is 0.345 e. The van der Waals surface area contributed by atoms with Crippen molar-refractivity contribution in [3.63, 3.8) is 0 Å². The zero-order valence-electron chi connectivity index (χ0n) is 12.1. The highest BCUT2D eigenvalue weighted by Gasteiger charge is 2.30. The second-order valence-corrected chi connectivity index (χ2v) is 5.95. The molecule has 2 aliphatic rings. The highest BCUT2D eigenvalue weighted by Crippen LogP contribution is 2.38. The Morgan fingerprint density at radius 1 is 1.37 bits per heavy atom. The number of hydrogen-bond donors (Lipinski definition) is 1. The van der Waals surface area contributed by atoms with Crippen LogP contribution in [0.3, 0.4) is 0 Å². The summed E-state index contributed by atoms with van der Waals surface area (Å²) in [4.78, 5) is 14.6. The van der Waals surface area contributed by atoms with Gasteiger partial charge in [-0.05, 0) is 45.7 Å². The van der Waals surface area contributed by atoms with Crippen LogP contribution in [0.1, 0.15) is 47.1 Å². The fourth-order valence-corrected chi connectivity index (χ4v) is 3.21. The lowest BCUT2D eigenvalue weighted by atomic mass is 10.1. The number of aromatic nitrogens is 1. The molecular formula is C15H23N3O. The van der Waals surface area contributed by atoms with Crippen LogP contribution < -0.4 is 5.32 Å². The van der Waals surface area contributed by atoms with Crippen LogP contribution in [-0.4, -0.2) is 41.6 Å². The van der Waals surface area contributed by atoms with Crippen molar-refractivity contribution >= 4 is 5.91 Å². The highest BCUT2D eigenvalue weighted by atomic mass is 16.2. The number of likely N-dealkylation sites (N-methyl/N-ethyl adjacent to an activating group) is 1. The van der Waals surface area contributed by atoms with Gasteiger partial charge in [0.15, 0.2) is 0 Å². The molecule has 2 heterocycles. The van der Waals surface area contributed by atoms with Crippen LogP contribution in [0.5, 0.6) is 0 Å². The molecule has 3 rings (SSSR count). The third-order valence-corrected chi connectivity index (χ3v) is 4.53. The Labute approximate surface area is 114 Å². The molecule has 0 radical (unpaired) electrons. The molecule has 1 saturated carbocycles. The SMILES string of the molecule is Cc1cc(C(=O)N(C)C2CCNC2)c(C)n1C1CC1. The lowest BCUT2D eigenvalue weighted by Gasteiger charge is -2.23. The van der Waals surface area contributed by atoms with Crippen molar-refractivity contribution in [3.8, 4) is 0 Å². The van der Waals surface area contributed by atoms with Crippen LogP contribution in [0.25, 0.3) is 0 Å². The summed E-state index contributed by atoms with van der Waals surface area (Å²) in [6, 6.07) is 3.05.